The van der Waals surface area contributed by atoms with Gasteiger partial charge >= 0.3 is 0 Å². The Morgan fingerprint density at radius 3 is 2.54 bits per heavy atom. The van der Waals surface area contributed by atoms with Gasteiger partial charge in [-0.2, -0.15) is 0 Å². The normalized spacial score (nSPS) is 12.8. The van der Waals surface area contributed by atoms with E-state index in [4.69, 9.17) is 0 Å². The molecule has 0 spiro atoms. The topological polar surface area (TPSA) is 29.1 Å². The van der Waals surface area contributed by atoms with Gasteiger partial charge in [0, 0.05) is 6.42 Å². The predicted molar refractivity (Wildman–Crippen MR) is 56.9 cm³/mol. The number of hydrogen-bond donors (Lipinski definition) is 1. The minimum Gasteiger partial charge on any atom is -0.310 e. The Morgan fingerprint density at radius 2 is 2.00 bits per heavy atom. The van der Waals surface area contributed by atoms with Crippen LogP contribution in [-0.4, -0.2) is 18.9 Å². The standard InChI is InChI=1S/C11H23NO/c1-4-6-10(3)8-11(13)9-12-7-5-2/h10,12H,4-9H2,1-3H3. The summed E-state index contributed by atoms with van der Waals surface area (Å²) in [6.07, 6.45) is 4.18. The van der Waals surface area contributed by atoms with Crippen LogP contribution in [0.5, 0.6) is 0 Å². The van der Waals surface area contributed by atoms with Crippen LogP contribution in [-0.2, 0) is 4.79 Å². The zero-order valence-corrected chi connectivity index (χ0v) is 9.23. The number of ketones is 1. The Hall–Kier alpha value is -0.370. The van der Waals surface area contributed by atoms with Crippen LogP contribution in [0.4, 0.5) is 0 Å². The molecule has 0 heterocycles. The molecule has 0 bridgehead atoms. The van der Waals surface area contributed by atoms with Crippen LogP contribution in [0.15, 0.2) is 0 Å². The van der Waals surface area contributed by atoms with Gasteiger partial charge in [0.1, 0.15) is 5.78 Å². The van der Waals surface area contributed by atoms with Crippen molar-refractivity contribution in [2.75, 3.05) is 13.1 Å². The van der Waals surface area contributed by atoms with E-state index in [0.717, 1.165) is 19.4 Å². The number of rotatable bonds is 8. The van der Waals surface area contributed by atoms with E-state index in [1.165, 1.54) is 12.8 Å². The van der Waals surface area contributed by atoms with Crippen LogP contribution in [0.25, 0.3) is 0 Å². The molecule has 0 rings (SSSR count). The number of carbonyl (C=O) groups is 1. The van der Waals surface area contributed by atoms with Crippen molar-refractivity contribution in [1.82, 2.24) is 5.32 Å². The molecule has 78 valence electrons. The Kier molecular flexibility index (Phi) is 8.00. The van der Waals surface area contributed by atoms with Crippen LogP contribution >= 0.6 is 0 Å². The summed E-state index contributed by atoms with van der Waals surface area (Å²) >= 11 is 0. The maximum absolute atomic E-state index is 11.3. The highest BCUT2D eigenvalue weighted by Crippen LogP contribution is 2.09. The summed E-state index contributed by atoms with van der Waals surface area (Å²) in [6, 6.07) is 0. The Bertz CT molecular complexity index is 134. The van der Waals surface area contributed by atoms with Crippen molar-refractivity contribution in [2.45, 2.75) is 46.5 Å². The predicted octanol–water partition coefficient (Wildman–Crippen LogP) is 2.38. The summed E-state index contributed by atoms with van der Waals surface area (Å²) in [5, 5.41) is 3.13. The lowest BCUT2D eigenvalue weighted by atomic mass is 10.00. The van der Waals surface area contributed by atoms with Crippen LogP contribution < -0.4 is 5.32 Å². The molecule has 2 heteroatoms. The molecule has 1 N–H and O–H groups in total. The lowest BCUT2D eigenvalue weighted by Crippen LogP contribution is -2.24. The molecule has 13 heavy (non-hydrogen) atoms. The Morgan fingerprint density at radius 1 is 1.31 bits per heavy atom. The molecule has 0 aliphatic heterocycles. The Labute approximate surface area is 82.1 Å². The van der Waals surface area contributed by atoms with Gasteiger partial charge in [-0.25, -0.2) is 0 Å². The minimum absolute atomic E-state index is 0.356. The average molecular weight is 185 g/mol. The largest absolute Gasteiger partial charge is 0.310 e. The first kappa shape index (κ1) is 12.6. The lowest BCUT2D eigenvalue weighted by Gasteiger charge is -2.08. The van der Waals surface area contributed by atoms with Gasteiger partial charge in [-0.05, 0) is 18.9 Å². The monoisotopic (exact) mass is 185 g/mol. The third-order valence-electron chi connectivity index (χ3n) is 2.11. The SMILES string of the molecule is CCCNCC(=O)CC(C)CCC. The van der Waals surface area contributed by atoms with E-state index in [-0.39, 0.29) is 0 Å². The molecular formula is C11H23NO. The van der Waals surface area contributed by atoms with Gasteiger partial charge in [-0.3, -0.25) is 4.79 Å². The van der Waals surface area contributed by atoms with E-state index in [1.807, 2.05) is 0 Å². The quantitative estimate of drug-likeness (QED) is 0.588. The van der Waals surface area contributed by atoms with Crippen LogP contribution in [0.3, 0.4) is 0 Å². The van der Waals surface area contributed by atoms with Crippen LogP contribution in [0, 0.1) is 5.92 Å². The Balaban J connectivity index is 3.38. The van der Waals surface area contributed by atoms with E-state index in [0.29, 0.717) is 18.2 Å². The maximum atomic E-state index is 11.3. The van der Waals surface area contributed by atoms with Gasteiger partial charge in [-0.1, -0.05) is 33.6 Å². The van der Waals surface area contributed by atoms with Crippen molar-refractivity contribution in [3.8, 4) is 0 Å². The van der Waals surface area contributed by atoms with E-state index in [1.54, 1.807) is 0 Å². The van der Waals surface area contributed by atoms with E-state index < -0.39 is 0 Å². The molecule has 0 saturated carbocycles. The third-order valence-corrected chi connectivity index (χ3v) is 2.11. The average Bonchev–Trinajstić information content (AvgIpc) is 2.05. The molecule has 0 aliphatic carbocycles. The molecule has 1 atom stereocenters. The highest BCUT2D eigenvalue weighted by atomic mass is 16.1. The number of nitrogens with one attached hydrogen (secondary N) is 1. The minimum atomic E-state index is 0.356. The second-order valence-corrected chi connectivity index (χ2v) is 3.81. The lowest BCUT2D eigenvalue weighted by molar-refractivity contribution is -0.119. The third kappa shape index (κ3) is 7.97. The molecule has 2 nitrogen and oxygen atoms in total. The first-order chi connectivity index (χ1) is 6.20. The summed E-state index contributed by atoms with van der Waals surface area (Å²) in [6.45, 7) is 7.94. The van der Waals surface area contributed by atoms with Gasteiger partial charge < -0.3 is 5.32 Å². The van der Waals surface area contributed by atoms with E-state index >= 15 is 0 Å². The fourth-order valence-corrected chi connectivity index (χ4v) is 1.46. The molecule has 0 radical (unpaired) electrons. The van der Waals surface area contributed by atoms with Gasteiger partial charge in [0.25, 0.3) is 0 Å². The zero-order valence-electron chi connectivity index (χ0n) is 9.23. The molecule has 0 aromatic heterocycles. The summed E-state index contributed by atoms with van der Waals surface area (Å²) in [7, 11) is 0. The van der Waals surface area contributed by atoms with Gasteiger partial charge in [-0.15, -0.1) is 0 Å². The summed E-state index contributed by atoms with van der Waals surface area (Å²) < 4.78 is 0. The first-order valence-electron chi connectivity index (χ1n) is 5.43. The smallest absolute Gasteiger partial charge is 0.146 e. The highest BCUT2D eigenvalue weighted by molar-refractivity contribution is 5.80. The van der Waals surface area contributed by atoms with Crippen molar-refractivity contribution in [3.63, 3.8) is 0 Å². The van der Waals surface area contributed by atoms with Gasteiger partial charge in [0.05, 0.1) is 6.54 Å². The number of carbonyl (C=O) groups excluding carboxylic acids is 1. The van der Waals surface area contributed by atoms with Gasteiger partial charge in [0.15, 0.2) is 0 Å². The van der Waals surface area contributed by atoms with Crippen molar-refractivity contribution < 1.29 is 4.79 Å². The van der Waals surface area contributed by atoms with Crippen molar-refractivity contribution >= 4 is 5.78 Å². The number of hydrogen-bond acceptors (Lipinski definition) is 2. The summed E-state index contributed by atoms with van der Waals surface area (Å²) in [5.41, 5.74) is 0. The number of Topliss-reactive ketones (excluding diaryl/α,β-unsaturated/α-hetero) is 1. The molecule has 0 aromatic rings. The van der Waals surface area contributed by atoms with Crippen molar-refractivity contribution in [1.29, 1.82) is 0 Å². The molecule has 0 aliphatic rings. The zero-order chi connectivity index (χ0) is 10.1. The van der Waals surface area contributed by atoms with Crippen LogP contribution in [0.2, 0.25) is 0 Å². The van der Waals surface area contributed by atoms with E-state index in [2.05, 4.69) is 26.1 Å². The van der Waals surface area contributed by atoms with Crippen molar-refractivity contribution in [3.05, 3.63) is 0 Å². The van der Waals surface area contributed by atoms with E-state index in [9.17, 15) is 4.79 Å². The molecular weight excluding hydrogens is 162 g/mol. The molecule has 0 amide bonds. The summed E-state index contributed by atoms with van der Waals surface area (Å²) in [5.74, 6) is 0.912. The second-order valence-electron chi connectivity index (χ2n) is 3.81. The molecule has 1 unspecified atom stereocenters. The second kappa shape index (κ2) is 8.24. The fraction of sp³-hybridized carbons (Fsp3) is 0.909. The molecule has 0 saturated heterocycles. The maximum Gasteiger partial charge on any atom is 0.146 e. The fourth-order valence-electron chi connectivity index (χ4n) is 1.46. The summed E-state index contributed by atoms with van der Waals surface area (Å²) in [4.78, 5) is 11.3. The first-order valence-corrected chi connectivity index (χ1v) is 5.43. The van der Waals surface area contributed by atoms with Gasteiger partial charge in [0.2, 0.25) is 0 Å². The molecule has 0 aromatic carbocycles. The van der Waals surface area contributed by atoms with Crippen molar-refractivity contribution in [2.24, 2.45) is 5.92 Å². The highest BCUT2D eigenvalue weighted by Gasteiger charge is 2.07. The van der Waals surface area contributed by atoms with Crippen LogP contribution in [0.1, 0.15) is 46.5 Å². The molecule has 0 fully saturated rings.